The van der Waals surface area contributed by atoms with Gasteiger partial charge in [0.2, 0.25) is 4.93 Å². The van der Waals surface area contributed by atoms with Crippen LogP contribution in [0.4, 0.5) is 0 Å². The minimum atomic E-state index is -0.990. The monoisotopic (exact) mass is 162 g/mol. The van der Waals surface area contributed by atoms with E-state index in [4.69, 9.17) is 0 Å². The van der Waals surface area contributed by atoms with Crippen LogP contribution in [0.25, 0.3) is 0 Å². The van der Waals surface area contributed by atoms with Crippen LogP contribution in [0.15, 0.2) is 0 Å². The van der Waals surface area contributed by atoms with Gasteiger partial charge in [-0.2, -0.15) is 0 Å². The van der Waals surface area contributed by atoms with E-state index in [1.54, 1.807) is 6.92 Å². The Morgan fingerprint density at radius 2 is 2.20 bits per heavy atom. The van der Waals surface area contributed by atoms with Crippen molar-refractivity contribution in [2.45, 2.75) is 18.8 Å². The summed E-state index contributed by atoms with van der Waals surface area (Å²) in [7, 11) is 0. The Bertz CT molecular complexity index is 126. The minimum Gasteiger partial charge on any atom is -0.443 e. The summed E-state index contributed by atoms with van der Waals surface area (Å²) in [4.78, 5) is 19.2. The number of ether oxygens (including phenoxy) is 1. The molecule has 0 aliphatic rings. The fraction of sp³-hybridized carbons (Fsp3) is 0.667. The Hall–Kier alpha value is -0.510. The van der Waals surface area contributed by atoms with Crippen molar-refractivity contribution in [3.63, 3.8) is 0 Å². The molecule has 0 amide bonds. The van der Waals surface area contributed by atoms with Gasteiger partial charge in [-0.05, 0) is 12.7 Å². The highest BCUT2D eigenvalue weighted by atomic mass is 32.2. The minimum absolute atomic E-state index is 0.289. The molecule has 0 saturated heterocycles. The van der Waals surface area contributed by atoms with E-state index in [-0.39, 0.29) is 6.47 Å². The van der Waals surface area contributed by atoms with Gasteiger partial charge in [0.05, 0.1) is 0 Å². The molecule has 58 valence electrons. The molecule has 0 bridgehead atoms. The molecule has 0 heterocycles. The third kappa shape index (κ3) is 2.87. The number of hydrogen-bond acceptors (Lipinski definition) is 4. The Morgan fingerprint density at radius 3 is 2.50 bits per heavy atom. The zero-order valence-electron chi connectivity index (χ0n) is 5.99. The van der Waals surface area contributed by atoms with Crippen LogP contribution in [0, 0.1) is 0 Å². The Labute approximate surface area is 64.1 Å². The van der Waals surface area contributed by atoms with Crippen LogP contribution in [0.1, 0.15) is 13.8 Å². The second-order valence-corrected chi connectivity index (χ2v) is 3.46. The van der Waals surface area contributed by atoms with E-state index in [0.29, 0.717) is 6.29 Å². The highest BCUT2D eigenvalue weighted by Gasteiger charge is 2.23. The summed E-state index contributed by atoms with van der Waals surface area (Å²) < 4.78 is 4.53. The molecular weight excluding hydrogens is 152 g/mol. The molecule has 0 aromatic rings. The van der Waals surface area contributed by atoms with Gasteiger partial charge in [-0.25, -0.2) is 0 Å². The van der Waals surface area contributed by atoms with Gasteiger partial charge in [-0.15, -0.1) is 11.8 Å². The maximum Gasteiger partial charge on any atom is 0.294 e. The van der Waals surface area contributed by atoms with Crippen molar-refractivity contribution in [2.75, 3.05) is 5.75 Å². The van der Waals surface area contributed by atoms with Gasteiger partial charge in [0, 0.05) is 0 Å². The first-order valence-electron chi connectivity index (χ1n) is 2.90. The zero-order chi connectivity index (χ0) is 8.04. The lowest BCUT2D eigenvalue weighted by Gasteiger charge is -2.18. The largest absolute Gasteiger partial charge is 0.443 e. The van der Waals surface area contributed by atoms with Gasteiger partial charge >= 0.3 is 0 Å². The second-order valence-electron chi connectivity index (χ2n) is 1.78. The van der Waals surface area contributed by atoms with Crippen LogP contribution in [-0.4, -0.2) is 23.4 Å². The first-order chi connectivity index (χ1) is 4.68. The molecule has 0 rings (SSSR count). The van der Waals surface area contributed by atoms with Gasteiger partial charge in [0.1, 0.15) is 0 Å². The number of rotatable bonds is 5. The molecule has 0 aromatic heterocycles. The normalized spacial score (nSPS) is 15.4. The maximum absolute atomic E-state index is 10.3. The van der Waals surface area contributed by atoms with E-state index in [1.807, 2.05) is 6.92 Å². The van der Waals surface area contributed by atoms with Gasteiger partial charge in [-0.1, -0.05) is 6.92 Å². The van der Waals surface area contributed by atoms with Gasteiger partial charge < -0.3 is 4.74 Å². The van der Waals surface area contributed by atoms with Crippen molar-refractivity contribution in [1.29, 1.82) is 0 Å². The van der Waals surface area contributed by atoms with E-state index < -0.39 is 4.93 Å². The molecule has 4 heteroatoms. The molecule has 0 saturated carbocycles. The Morgan fingerprint density at radius 1 is 1.60 bits per heavy atom. The number of aldehydes is 1. The van der Waals surface area contributed by atoms with Crippen molar-refractivity contribution in [1.82, 2.24) is 0 Å². The van der Waals surface area contributed by atoms with Crippen molar-refractivity contribution in [2.24, 2.45) is 0 Å². The fourth-order valence-corrected chi connectivity index (χ4v) is 1.23. The van der Waals surface area contributed by atoms with E-state index >= 15 is 0 Å². The standard InChI is InChI=1S/C6H10O3S/c1-3-10-6(2,4-7)9-5-8/h4-5H,3H2,1-2H3. The highest BCUT2D eigenvalue weighted by molar-refractivity contribution is 8.01. The summed E-state index contributed by atoms with van der Waals surface area (Å²) in [5.41, 5.74) is 0. The molecule has 10 heavy (non-hydrogen) atoms. The SMILES string of the molecule is CCSC(C)(C=O)OC=O. The molecule has 0 radical (unpaired) electrons. The van der Waals surface area contributed by atoms with Crippen LogP contribution < -0.4 is 0 Å². The van der Waals surface area contributed by atoms with E-state index in [9.17, 15) is 9.59 Å². The summed E-state index contributed by atoms with van der Waals surface area (Å²) in [5.74, 6) is 0.739. The predicted octanol–water partition coefficient (Wildman–Crippen LogP) is 0.828. The summed E-state index contributed by atoms with van der Waals surface area (Å²) in [6.45, 7) is 3.74. The van der Waals surface area contributed by atoms with Crippen molar-refractivity contribution in [3.8, 4) is 0 Å². The summed E-state index contributed by atoms with van der Waals surface area (Å²) in [5, 5.41) is 0. The topological polar surface area (TPSA) is 43.4 Å². The molecule has 0 aliphatic carbocycles. The second kappa shape index (κ2) is 4.33. The summed E-state index contributed by atoms with van der Waals surface area (Å²) >= 11 is 1.28. The lowest BCUT2D eigenvalue weighted by Crippen LogP contribution is -2.25. The van der Waals surface area contributed by atoms with Crippen LogP contribution in [0.5, 0.6) is 0 Å². The molecule has 0 aromatic carbocycles. The fourth-order valence-electron chi connectivity index (χ4n) is 0.478. The van der Waals surface area contributed by atoms with Crippen molar-refractivity contribution < 1.29 is 14.3 Å². The molecule has 0 N–H and O–H groups in total. The number of carbonyl (C=O) groups is 2. The maximum atomic E-state index is 10.3. The molecule has 1 atom stereocenters. The Balaban J connectivity index is 3.92. The lowest BCUT2D eigenvalue weighted by molar-refractivity contribution is -0.140. The first-order valence-corrected chi connectivity index (χ1v) is 3.89. The van der Waals surface area contributed by atoms with Crippen molar-refractivity contribution >= 4 is 24.5 Å². The molecule has 1 unspecified atom stereocenters. The first kappa shape index (κ1) is 9.49. The van der Waals surface area contributed by atoms with Crippen LogP contribution in [0.2, 0.25) is 0 Å². The van der Waals surface area contributed by atoms with Crippen molar-refractivity contribution in [3.05, 3.63) is 0 Å². The smallest absolute Gasteiger partial charge is 0.294 e. The average molecular weight is 162 g/mol. The molecule has 0 aliphatic heterocycles. The Kier molecular flexibility index (Phi) is 4.11. The number of thioether (sulfide) groups is 1. The third-order valence-corrected chi connectivity index (χ3v) is 1.98. The van der Waals surface area contributed by atoms with Crippen LogP contribution in [0.3, 0.4) is 0 Å². The number of hydrogen-bond donors (Lipinski definition) is 0. The summed E-state index contributed by atoms with van der Waals surface area (Å²) in [6.07, 6.45) is 0.621. The van der Waals surface area contributed by atoms with Gasteiger partial charge in [-0.3, -0.25) is 9.59 Å². The van der Waals surface area contributed by atoms with Gasteiger partial charge in [0.25, 0.3) is 6.47 Å². The molecule has 0 spiro atoms. The average Bonchev–Trinajstić information content (AvgIpc) is 1.89. The van der Waals surface area contributed by atoms with E-state index in [2.05, 4.69) is 4.74 Å². The quantitative estimate of drug-likeness (QED) is 0.443. The molecular formula is C6H10O3S. The predicted molar refractivity (Wildman–Crippen MR) is 39.8 cm³/mol. The zero-order valence-corrected chi connectivity index (χ0v) is 6.81. The van der Waals surface area contributed by atoms with Crippen LogP contribution in [-0.2, 0) is 14.3 Å². The highest BCUT2D eigenvalue weighted by Crippen LogP contribution is 2.22. The molecule has 3 nitrogen and oxygen atoms in total. The van der Waals surface area contributed by atoms with E-state index in [1.165, 1.54) is 11.8 Å². The van der Waals surface area contributed by atoms with E-state index in [0.717, 1.165) is 5.75 Å². The third-order valence-electron chi connectivity index (χ3n) is 0.927. The summed E-state index contributed by atoms with van der Waals surface area (Å²) in [6, 6.07) is 0. The lowest BCUT2D eigenvalue weighted by atomic mass is 10.4. The number of carbonyl (C=O) groups excluding carboxylic acids is 2. The van der Waals surface area contributed by atoms with Crippen LogP contribution >= 0.6 is 11.8 Å². The van der Waals surface area contributed by atoms with Gasteiger partial charge in [0.15, 0.2) is 6.29 Å². The molecule has 0 fully saturated rings.